The summed E-state index contributed by atoms with van der Waals surface area (Å²) in [6.07, 6.45) is 0.889. The van der Waals surface area contributed by atoms with Crippen molar-refractivity contribution in [1.29, 1.82) is 0 Å². The minimum absolute atomic E-state index is 0.0608. The largest absolute Gasteiger partial charge is 0.508 e. The number of phenols is 1. The molecule has 0 atom stereocenters. The fourth-order valence-electron chi connectivity index (χ4n) is 2.79. The maximum Gasteiger partial charge on any atom is 0.344 e. The standard InChI is InChI=1S/C20H20O3/c1-20(2,3)12-14-6-4-5-7-16(14)18-10-13-8-9-15(21)11-17(13)19(22)23-18/h4-11,21H,12H2,1-3H3. The van der Waals surface area contributed by atoms with Crippen LogP contribution in [0.1, 0.15) is 26.3 Å². The molecule has 0 saturated carbocycles. The molecule has 0 radical (unpaired) electrons. The average Bonchev–Trinajstić information content (AvgIpc) is 2.47. The van der Waals surface area contributed by atoms with Crippen LogP contribution in [0, 0.1) is 5.41 Å². The van der Waals surface area contributed by atoms with Crippen LogP contribution in [0.25, 0.3) is 22.1 Å². The van der Waals surface area contributed by atoms with Crippen molar-refractivity contribution in [3.05, 3.63) is 64.5 Å². The lowest BCUT2D eigenvalue weighted by molar-refractivity contribution is 0.411. The van der Waals surface area contributed by atoms with E-state index in [2.05, 4.69) is 26.8 Å². The monoisotopic (exact) mass is 308 g/mol. The van der Waals surface area contributed by atoms with Crippen LogP contribution in [0.2, 0.25) is 0 Å². The van der Waals surface area contributed by atoms with Crippen LogP contribution < -0.4 is 5.63 Å². The maximum absolute atomic E-state index is 12.2. The molecule has 0 bridgehead atoms. The van der Waals surface area contributed by atoms with E-state index in [0.29, 0.717) is 11.1 Å². The normalized spacial score (nSPS) is 11.8. The van der Waals surface area contributed by atoms with E-state index >= 15 is 0 Å². The molecular formula is C20H20O3. The van der Waals surface area contributed by atoms with E-state index in [4.69, 9.17) is 4.42 Å². The molecule has 118 valence electrons. The smallest absolute Gasteiger partial charge is 0.344 e. The summed E-state index contributed by atoms with van der Waals surface area (Å²) in [4.78, 5) is 12.2. The Kier molecular flexibility index (Phi) is 3.72. The lowest BCUT2D eigenvalue weighted by Gasteiger charge is -2.20. The predicted octanol–water partition coefficient (Wildman–Crippen LogP) is 4.75. The maximum atomic E-state index is 12.2. The second-order valence-corrected chi connectivity index (χ2v) is 7.06. The molecule has 3 heteroatoms. The first kappa shape index (κ1) is 15.3. The molecule has 3 nitrogen and oxygen atoms in total. The third-order valence-corrected chi connectivity index (χ3v) is 3.75. The highest BCUT2D eigenvalue weighted by Gasteiger charge is 2.16. The van der Waals surface area contributed by atoms with Crippen molar-refractivity contribution in [2.24, 2.45) is 5.41 Å². The molecule has 23 heavy (non-hydrogen) atoms. The molecular weight excluding hydrogens is 288 g/mol. The summed E-state index contributed by atoms with van der Waals surface area (Å²) >= 11 is 0. The number of fused-ring (bicyclic) bond motifs is 1. The Bertz CT molecular complexity index is 914. The molecule has 1 N–H and O–H groups in total. The molecule has 2 aromatic carbocycles. The fourth-order valence-corrected chi connectivity index (χ4v) is 2.79. The van der Waals surface area contributed by atoms with Crippen molar-refractivity contribution < 1.29 is 9.52 Å². The summed E-state index contributed by atoms with van der Waals surface area (Å²) in [7, 11) is 0. The van der Waals surface area contributed by atoms with Gasteiger partial charge in [0.1, 0.15) is 11.5 Å². The lowest BCUT2D eigenvalue weighted by atomic mass is 9.86. The molecule has 0 unspecified atom stereocenters. The zero-order valence-corrected chi connectivity index (χ0v) is 13.6. The molecule has 0 aliphatic carbocycles. The minimum Gasteiger partial charge on any atom is -0.508 e. The molecule has 3 rings (SSSR count). The highest BCUT2D eigenvalue weighted by Crippen LogP contribution is 2.30. The van der Waals surface area contributed by atoms with E-state index in [1.54, 1.807) is 12.1 Å². The molecule has 1 aromatic heterocycles. The zero-order chi connectivity index (χ0) is 16.6. The Morgan fingerprint density at radius 3 is 2.52 bits per heavy atom. The van der Waals surface area contributed by atoms with Crippen LogP contribution in [-0.4, -0.2) is 5.11 Å². The van der Waals surface area contributed by atoms with Gasteiger partial charge in [0, 0.05) is 5.56 Å². The highest BCUT2D eigenvalue weighted by molar-refractivity contribution is 5.85. The van der Waals surface area contributed by atoms with Crippen molar-refractivity contribution >= 4 is 10.8 Å². The lowest BCUT2D eigenvalue weighted by Crippen LogP contribution is -2.10. The Balaban J connectivity index is 2.18. The Labute approximate surface area is 135 Å². The van der Waals surface area contributed by atoms with Gasteiger partial charge in [-0.05, 0) is 41.0 Å². The number of hydrogen-bond acceptors (Lipinski definition) is 3. The molecule has 3 aromatic rings. The van der Waals surface area contributed by atoms with Gasteiger partial charge in [-0.3, -0.25) is 0 Å². The van der Waals surface area contributed by atoms with E-state index in [1.807, 2.05) is 24.3 Å². The van der Waals surface area contributed by atoms with E-state index < -0.39 is 5.63 Å². The molecule has 0 saturated heterocycles. The first-order chi connectivity index (χ1) is 10.8. The molecule has 0 fully saturated rings. The van der Waals surface area contributed by atoms with Crippen molar-refractivity contribution in [3.8, 4) is 17.1 Å². The van der Waals surface area contributed by atoms with Gasteiger partial charge in [0.15, 0.2) is 0 Å². The number of rotatable bonds is 2. The summed E-state index contributed by atoms with van der Waals surface area (Å²) < 4.78 is 5.52. The quantitative estimate of drug-likeness (QED) is 0.743. The summed E-state index contributed by atoms with van der Waals surface area (Å²) in [5.74, 6) is 0.624. The Morgan fingerprint density at radius 2 is 1.78 bits per heavy atom. The van der Waals surface area contributed by atoms with Crippen LogP contribution >= 0.6 is 0 Å². The fraction of sp³-hybridized carbons (Fsp3) is 0.250. The van der Waals surface area contributed by atoms with Gasteiger partial charge in [0.2, 0.25) is 0 Å². The summed E-state index contributed by atoms with van der Waals surface area (Å²) in [6, 6.07) is 14.6. The third kappa shape index (κ3) is 3.29. The first-order valence-corrected chi connectivity index (χ1v) is 7.69. The van der Waals surface area contributed by atoms with Gasteiger partial charge in [-0.15, -0.1) is 0 Å². The zero-order valence-electron chi connectivity index (χ0n) is 13.6. The SMILES string of the molecule is CC(C)(C)Cc1ccccc1-c1cc2ccc(O)cc2c(=O)o1. The van der Waals surface area contributed by atoms with Crippen molar-refractivity contribution in [2.45, 2.75) is 27.2 Å². The van der Waals surface area contributed by atoms with Gasteiger partial charge in [0.25, 0.3) is 0 Å². The van der Waals surface area contributed by atoms with Crippen LogP contribution in [0.4, 0.5) is 0 Å². The van der Waals surface area contributed by atoms with Crippen molar-refractivity contribution in [3.63, 3.8) is 0 Å². The third-order valence-electron chi connectivity index (χ3n) is 3.75. The molecule has 0 aliphatic rings. The van der Waals surface area contributed by atoms with Crippen LogP contribution in [0.3, 0.4) is 0 Å². The second kappa shape index (κ2) is 5.58. The van der Waals surface area contributed by atoms with Crippen LogP contribution in [0.5, 0.6) is 5.75 Å². The topological polar surface area (TPSA) is 50.4 Å². The van der Waals surface area contributed by atoms with E-state index in [-0.39, 0.29) is 11.2 Å². The van der Waals surface area contributed by atoms with Crippen LogP contribution in [-0.2, 0) is 6.42 Å². The summed E-state index contributed by atoms with van der Waals surface area (Å²) in [6.45, 7) is 6.55. The molecule has 1 heterocycles. The van der Waals surface area contributed by atoms with Gasteiger partial charge < -0.3 is 9.52 Å². The first-order valence-electron chi connectivity index (χ1n) is 7.69. The molecule has 0 aliphatic heterocycles. The van der Waals surface area contributed by atoms with Gasteiger partial charge in [-0.1, -0.05) is 51.1 Å². The van der Waals surface area contributed by atoms with E-state index in [9.17, 15) is 9.90 Å². The minimum atomic E-state index is -0.432. The van der Waals surface area contributed by atoms with Crippen LogP contribution in [0.15, 0.2) is 57.7 Å². The number of aromatic hydroxyl groups is 1. The van der Waals surface area contributed by atoms with E-state index in [0.717, 1.165) is 22.9 Å². The Morgan fingerprint density at radius 1 is 1.04 bits per heavy atom. The molecule has 0 spiro atoms. The van der Waals surface area contributed by atoms with Gasteiger partial charge in [-0.2, -0.15) is 0 Å². The number of hydrogen-bond donors (Lipinski definition) is 1. The number of phenolic OH excluding ortho intramolecular Hbond substituents is 1. The van der Waals surface area contributed by atoms with Gasteiger partial charge in [0.05, 0.1) is 5.39 Å². The van der Waals surface area contributed by atoms with Crippen molar-refractivity contribution in [2.75, 3.05) is 0 Å². The van der Waals surface area contributed by atoms with Gasteiger partial charge >= 0.3 is 5.63 Å². The summed E-state index contributed by atoms with van der Waals surface area (Å²) in [5.41, 5.74) is 1.80. The Hall–Kier alpha value is -2.55. The highest BCUT2D eigenvalue weighted by atomic mass is 16.4. The summed E-state index contributed by atoms with van der Waals surface area (Å²) in [5, 5.41) is 10.7. The second-order valence-electron chi connectivity index (χ2n) is 7.06. The molecule has 0 amide bonds. The predicted molar refractivity (Wildman–Crippen MR) is 92.7 cm³/mol. The van der Waals surface area contributed by atoms with Crippen molar-refractivity contribution in [1.82, 2.24) is 0 Å². The number of benzene rings is 2. The van der Waals surface area contributed by atoms with Gasteiger partial charge in [-0.25, -0.2) is 4.79 Å². The van der Waals surface area contributed by atoms with E-state index in [1.165, 1.54) is 6.07 Å². The average molecular weight is 308 g/mol.